The third-order valence-corrected chi connectivity index (χ3v) is 3.72. The van der Waals surface area contributed by atoms with E-state index in [1.54, 1.807) is 36.4 Å². The minimum atomic E-state index is -0.542. The first kappa shape index (κ1) is 16.6. The van der Waals surface area contributed by atoms with E-state index < -0.39 is 5.91 Å². The van der Waals surface area contributed by atoms with Gasteiger partial charge in [0, 0.05) is 0 Å². The minimum Gasteiger partial charge on any atom is -0.484 e. The van der Waals surface area contributed by atoms with Crippen LogP contribution in [-0.4, -0.2) is 22.5 Å². The summed E-state index contributed by atoms with van der Waals surface area (Å²) >= 11 is 6.12. The van der Waals surface area contributed by atoms with Crippen molar-refractivity contribution in [3.05, 3.63) is 58.9 Å². The van der Waals surface area contributed by atoms with Crippen molar-refractivity contribution in [1.29, 1.82) is 5.26 Å². The average Bonchev–Trinajstić information content (AvgIpc) is 3.04. The van der Waals surface area contributed by atoms with Crippen LogP contribution in [-0.2, 0) is 4.79 Å². The van der Waals surface area contributed by atoms with Crippen molar-refractivity contribution in [3.63, 3.8) is 0 Å². The topological polar surface area (TPSA) is 105 Å². The van der Waals surface area contributed by atoms with Crippen LogP contribution in [0.1, 0.15) is 11.4 Å². The number of allylic oxidation sites excluding steroid dienone is 1. The van der Waals surface area contributed by atoms with E-state index in [-0.39, 0.29) is 6.61 Å². The molecule has 7 heteroatoms. The van der Waals surface area contributed by atoms with E-state index in [1.165, 1.54) is 0 Å². The summed E-state index contributed by atoms with van der Waals surface area (Å²) in [6, 6.07) is 14.5. The molecule has 0 unspecified atom stereocenters. The van der Waals surface area contributed by atoms with Crippen LogP contribution in [0.4, 0.5) is 0 Å². The van der Waals surface area contributed by atoms with Crippen LogP contribution >= 0.6 is 11.6 Å². The van der Waals surface area contributed by atoms with Gasteiger partial charge in [0.05, 0.1) is 16.1 Å². The Morgan fingerprint density at radius 2 is 2.08 bits per heavy atom. The number of nitrogens with two attached hydrogens (primary N) is 1. The third kappa shape index (κ3) is 3.79. The number of ether oxygens (including phenoxy) is 1. The second-order valence-corrected chi connectivity index (χ2v) is 5.62. The Morgan fingerprint density at radius 3 is 2.72 bits per heavy atom. The number of carbonyl (C=O) groups is 1. The molecular weight excluding hydrogens is 340 g/mol. The van der Waals surface area contributed by atoms with Gasteiger partial charge in [0.25, 0.3) is 5.91 Å². The molecule has 0 aliphatic rings. The van der Waals surface area contributed by atoms with Crippen LogP contribution in [0.25, 0.3) is 22.7 Å². The number of hydrogen-bond acceptors (Lipinski definition) is 4. The molecule has 3 aromatic rings. The Balaban J connectivity index is 1.88. The molecule has 0 aliphatic carbocycles. The highest BCUT2D eigenvalue weighted by molar-refractivity contribution is 6.34. The van der Waals surface area contributed by atoms with E-state index in [0.717, 1.165) is 11.1 Å². The lowest BCUT2D eigenvalue weighted by molar-refractivity contribution is -0.119. The number of para-hydroxylation sites is 1. The summed E-state index contributed by atoms with van der Waals surface area (Å²) < 4.78 is 5.20. The first-order valence-electron chi connectivity index (χ1n) is 7.34. The summed E-state index contributed by atoms with van der Waals surface area (Å²) in [5.41, 5.74) is 7.58. The number of fused-ring (bicyclic) bond motifs is 1. The number of aromatic amines is 1. The fraction of sp³-hybridized carbons (Fsp3) is 0.0556. The van der Waals surface area contributed by atoms with Crippen molar-refractivity contribution in [2.75, 3.05) is 6.61 Å². The molecule has 0 saturated carbocycles. The number of amides is 1. The zero-order chi connectivity index (χ0) is 17.8. The highest BCUT2D eigenvalue weighted by Gasteiger charge is 2.10. The second kappa shape index (κ2) is 7.07. The second-order valence-electron chi connectivity index (χ2n) is 5.22. The van der Waals surface area contributed by atoms with E-state index >= 15 is 0 Å². The van der Waals surface area contributed by atoms with Crippen molar-refractivity contribution < 1.29 is 9.53 Å². The Labute approximate surface area is 148 Å². The van der Waals surface area contributed by atoms with Gasteiger partial charge >= 0.3 is 0 Å². The predicted molar refractivity (Wildman–Crippen MR) is 95.7 cm³/mol. The number of nitrogens with zero attached hydrogens (tertiary/aromatic N) is 2. The highest BCUT2D eigenvalue weighted by atomic mass is 35.5. The van der Waals surface area contributed by atoms with Gasteiger partial charge < -0.3 is 15.5 Å². The first-order valence-corrected chi connectivity index (χ1v) is 7.72. The molecular formula is C18H13ClN4O2. The number of benzene rings is 2. The summed E-state index contributed by atoms with van der Waals surface area (Å²) in [5, 5.41) is 9.97. The zero-order valence-electron chi connectivity index (χ0n) is 13.0. The van der Waals surface area contributed by atoms with Crippen molar-refractivity contribution in [2.45, 2.75) is 0 Å². The molecule has 25 heavy (non-hydrogen) atoms. The number of aromatic nitrogens is 2. The maximum atomic E-state index is 10.7. The minimum absolute atomic E-state index is 0.182. The van der Waals surface area contributed by atoms with Gasteiger partial charge in [0.2, 0.25) is 0 Å². The molecule has 1 heterocycles. The van der Waals surface area contributed by atoms with Gasteiger partial charge in [-0.25, -0.2) is 4.98 Å². The average molecular weight is 353 g/mol. The fourth-order valence-electron chi connectivity index (χ4n) is 2.26. The molecule has 6 nitrogen and oxygen atoms in total. The number of halogens is 1. The number of nitrogens with one attached hydrogen (secondary N) is 1. The van der Waals surface area contributed by atoms with Gasteiger partial charge in [-0.15, -0.1) is 0 Å². The smallest absolute Gasteiger partial charge is 0.255 e. The van der Waals surface area contributed by atoms with Gasteiger partial charge in [-0.2, -0.15) is 5.26 Å². The van der Waals surface area contributed by atoms with Crippen molar-refractivity contribution in [2.24, 2.45) is 5.73 Å². The molecule has 0 radical (unpaired) electrons. The molecule has 3 N–H and O–H groups in total. The number of carbonyl (C=O) groups excluding carboxylic acids is 1. The molecule has 1 aromatic heterocycles. The zero-order valence-corrected chi connectivity index (χ0v) is 13.7. The molecule has 1 amide bonds. The van der Waals surface area contributed by atoms with Crippen molar-refractivity contribution in [1.82, 2.24) is 9.97 Å². The SMILES string of the molecule is N#C/C(=C\c1ccc(OCC(N)=O)cc1)c1nc2c(Cl)cccc2[nH]1. The molecule has 0 spiro atoms. The first-order chi connectivity index (χ1) is 12.1. The van der Waals surface area contributed by atoms with E-state index in [2.05, 4.69) is 16.0 Å². The maximum absolute atomic E-state index is 10.7. The van der Waals surface area contributed by atoms with Crippen LogP contribution in [0.3, 0.4) is 0 Å². The number of H-pyrrole nitrogens is 1. The van der Waals surface area contributed by atoms with Crippen LogP contribution in [0.5, 0.6) is 5.75 Å². The maximum Gasteiger partial charge on any atom is 0.255 e. The summed E-state index contributed by atoms with van der Waals surface area (Å²) in [6.07, 6.45) is 1.70. The normalized spacial score (nSPS) is 11.3. The molecule has 0 atom stereocenters. The Hall–Kier alpha value is -3.30. The lowest BCUT2D eigenvalue weighted by Crippen LogP contribution is -2.19. The van der Waals surface area contributed by atoms with Gasteiger partial charge in [-0.05, 0) is 35.9 Å². The Kier molecular flexibility index (Phi) is 4.68. The van der Waals surface area contributed by atoms with Gasteiger partial charge in [-0.3, -0.25) is 4.79 Å². The Bertz CT molecular complexity index is 1000. The number of rotatable bonds is 5. The predicted octanol–water partition coefficient (Wildman–Crippen LogP) is 3.14. The van der Waals surface area contributed by atoms with Crippen LogP contribution in [0, 0.1) is 11.3 Å². The van der Waals surface area contributed by atoms with Gasteiger partial charge in [0.15, 0.2) is 6.61 Å². The number of nitriles is 1. The number of hydrogen-bond donors (Lipinski definition) is 2. The molecule has 0 fully saturated rings. The van der Waals surface area contributed by atoms with Gasteiger partial charge in [0.1, 0.15) is 23.2 Å². The number of primary amides is 1. The summed E-state index contributed by atoms with van der Waals surface area (Å²) in [4.78, 5) is 18.2. The monoisotopic (exact) mass is 352 g/mol. The van der Waals surface area contributed by atoms with E-state index in [9.17, 15) is 10.1 Å². The third-order valence-electron chi connectivity index (χ3n) is 3.41. The van der Waals surface area contributed by atoms with E-state index in [1.807, 2.05) is 12.1 Å². The standard InChI is InChI=1S/C18H13ClN4O2/c19-14-2-1-3-15-17(14)23-18(22-15)12(9-20)8-11-4-6-13(7-5-11)25-10-16(21)24/h1-8H,10H2,(H2,21,24)(H,22,23)/b12-8+. The fourth-order valence-corrected chi connectivity index (χ4v) is 2.48. The Morgan fingerprint density at radius 1 is 1.32 bits per heavy atom. The van der Waals surface area contributed by atoms with E-state index in [4.69, 9.17) is 22.1 Å². The molecule has 0 aliphatic heterocycles. The van der Waals surface area contributed by atoms with Crippen LogP contribution < -0.4 is 10.5 Å². The highest BCUT2D eigenvalue weighted by Crippen LogP contribution is 2.24. The molecule has 124 valence electrons. The summed E-state index contributed by atoms with van der Waals surface area (Å²) in [6.45, 7) is -0.182. The number of imidazole rings is 1. The van der Waals surface area contributed by atoms with Crippen LogP contribution in [0.2, 0.25) is 5.02 Å². The van der Waals surface area contributed by atoms with Crippen LogP contribution in [0.15, 0.2) is 42.5 Å². The largest absolute Gasteiger partial charge is 0.484 e. The summed E-state index contributed by atoms with van der Waals surface area (Å²) in [5.74, 6) is 0.420. The molecule has 0 saturated heterocycles. The molecule has 2 aromatic carbocycles. The summed E-state index contributed by atoms with van der Waals surface area (Å²) in [7, 11) is 0. The molecule has 0 bridgehead atoms. The van der Waals surface area contributed by atoms with E-state index in [0.29, 0.717) is 27.7 Å². The molecule has 3 rings (SSSR count). The van der Waals surface area contributed by atoms with Crippen molar-refractivity contribution in [3.8, 4) is 11.8 Å². The lowest BCUT2D eigenvalue weighted by Gasteiger charge is -2.03. The lowest BCUT2D eigenvalue weighted by atomic mass is 10.1. The quantitative estimate of drug-likeness (QED) is 0.688. The van der Waals surface area contributed by atoms with Gasteiger partial charge in [-0.1, -0.05) is 29.8 Å². The van der Waals surface area contributed by atoms with Crippen molar-refractivity contribution >= 4 is 40.2 Å².